The van der Waals surface area contributed by atoms with Crippen molar-refractivity contribution in [3.05, 3.63) is 48.2 Å². The standard InChI is InChI=1S/C19H22FN3O2/c20-15-4-1-2-6-18(15)25-19-13-21-12-16(22-19)17-5-3-9-23(17)14-7-10-24-11-8-14/h1-2,4,6,12-14,17H,3,5,7-11H2. The average molecular weight is 343 g/mol. The van der Waals surface area contributed by atoms with E-state index in [1.54, 1.807) is 24.4 Å². The summed E-state index contributed by atoms with van der Waals surface area (Å²) in [5.74, 6) is 0.0995. The molecule has 5 nitrogen and oxygen atoms in total. The summed E-state index contributed by atoms with van der Waals surface area (Å²) in [4.78, 5) is 11.4. The average Bonchev–Trinajstić information content (AvgIpc) is 3.15. The molecule has 25 heavy (non-hydrogen) atoms. The highest BCUT2D eigenvalue weighted by Gasteiger charge is 2.33. The molecule has 1 atom stereocenters. The summed E-state index contributed by atoms with van der Waals surface area (Å²) in [6.45, 7) is 2.74. The van der Waals surface area contributed by atoms with Crippen LogP contribution in [0.1, 0.15) is 37.4 Å². The Kier molecular flexibility index (Phi) is 4.90. The summed E-state index contributed by atoms with van der Waals surface area (Å²) < 4.78 is 24.9. The third-order valence-corrected chi connectivity index (χ3v) is 4.98. The third kappa shape index (κ3) is 3.65. The van der Waals surface area contributed by atoms with Gasteiger partial charge in [-0.15, -0.1) is 0 Å². The molecule has 3 heterocycles. The second-order valence-corrected chi connectivity index (χ2v) is 6.55. The number of rotatable bonds is 4. The number of hydrogen-bond acceptors (Lipinski definition) is 5. The third-order valence-electron chi connectivity index (χ3n) is 4.98. The number of halogens is 1. The molecule has 1 unspecified atom stereocenters. The zero-order valence-corrected chi connectivity index (χ0v) is 14.1. The highest BCUT2D eigenvalue weighted by atomic mass is 19.1. The van der Waals surface area contributed by atoms with Crippen LogP contribution in [0, 0.1) is 5.82 Å². The summed E-state index contributed by atoms with van der Waals surface area (Å²) in [5, 5.41) is 0. The van der Waals surface area contributed by atoms with Crippen molar-refractivity contribution >= 4 is 0 Å². The minimum absolute atomic E-state index is 0.168. The highest BCUT2D eigenvalue weighted by Crippen LogP contribution is 2.35. The molecule has 6 heteroatoms. The number of nitrogens with zero attached hydrogens (tertiary/aromatic N) is 3. The van der Waals surface area contributed by atoms with Gasteiger partial charge in [-0.25, -0.2) is 9.37 Å². The van der Waals surface area contributed by atoms with Crippen molar-refractivity contribution in [1.82, 2.24) is 14.9 Å². The predicted octanol–water partition coefficient (Wildman–Crippen LogP) is 3.72. The Balaban J connectivity index is 1.53. The predicted molar refractivity (Wildman–Crippen MR) is 91.0 cm³/mol. The quantitative estimate of drug-likeness (QED) is 0.847. The highest BCUT2D eigenvalue weighted by molar-refractivity contribution is 5.28. The van der Waals surface area contributed by atoms with Gasteiger partial charge < -0.3 is 9.47 Å². The van der Waals surface area contributed by atoms with Crippen molar-refractivity contribution in [2.75, 3.05) is 19.8 Å². The van der Waals surface area contributed by atoms with E-state index in [2.05, 4.69) is 14.9 Å². The van der Waals surface area contributed by atoms with Crippen LogP contribution in [0.2, 0.25) is 0 Å². The van der Waals surface area contributed by atoms with Crippen molar-refractivity contribution in [3.63, 3.8) is 0 Å². The first-order valence-corrected chi connectivity index (χ1v) is 8.89. The lowest BCUT2D eigenvalue weighted by molar-refractivity contribution is 0.0284. The fourth-order valence-corrected chi connectivity index (χ4v) is 3.77. The Labute approximate surface area is 146 Å². The van der Waals surface area contributed by atoms with Crippen LogP contribution in [-0.2, 0) is 4.74 Å². The van der Waals surface area contributed by atoms with Gasteiger partial charge in [-0.2, -0.15) is 0 Å². The molecule has 0 aliphatic carbocycles. The molecule has 4 rings (SSSR count). The molecule has 132 valence electrons. The van der Waals surface area contributed by atoms with Gasteiger partial charge in [0.25, 0.3) is 0 Å². The molecule has 2 fully saturated rings. The van der Waals surface area contributed by atoms with Crippen LogP contribution in [0.3, 0.4) is 0 Å². The molecule has 0 N–H and O–H groups in total. The van der Waals surface area contributed by atoms with Gasteiger partial charge in [0, 0.05) is 19.3 Å². The Morgan fingerprint density at radius 3 is 2.80 bits per heavy atom. The van der Waals surface area contributed by atoms with Gasteiger partial charge in [-0.1, -0.05) is 12.1 Å². The molecular weight excluding hydrogens is 321 g/mol. The molecule has 1 aromatic heterocycles. The topological polar surface area (TPSA) is 47.5 Å². The zero-order chi connectivity index (χ0) is 17.1. The maximum absolute atomic E-state index is 13.8. The van der Waals surface area contributed by atoms with E-state index in [9.17, 15) is 4.39 Å². The van der Waals surface area contributed by atoms with Gasteiger partial charge in [-0.05, 0) is 44.4 Å². The van der Waals surface area contributed by atoms with E-state index in [-0.39, 0.29) is 11.8 Å². The van der Waals surface area contributed by atoms with Crippen molar-refractivity contribution in [3.8, 4) is 11.6 Å². The molecule has 0 saturated carbocycles. The molecule has 0 bridgehead atoms. The van der Waals surface area contributed by atoms with Crippen LogP contribution in [0.4, 0.5) is 4.39 Å². The molecule has 0 spiro atoms. The maximum Gasteiger partial charge on any atom is 0.238 e. The normalized spacial score (nSPS) is 22.2. The van der Waals surface area contributed by atoms with E-state index >= 15 is 0 Å². The fraction of sp³-hybridized carbons (Fsp3) is 0.474. The Hall–Kier alpha value is -2.05. The van der Waals surface area contributed by atoms with E-state index in [4.69, 9.17) is 9.47 Å². The molecular formula is C19H22FN3O2. The van der Waals surface area contributed by atoms with Crippen LogP contribution < -0.4 is 4.74 Å². The van der Waals surface area contributed by atoms with E-state index < -0.39 is 5.82 Å². The van der Waals surface area contributed by atoms with Gasteiger partial charge in [0.1, 0.15) is 0 Å². The number of hydrogen-bond donors (Lipinski definition) is 0. The van der Waals surface area contributed by atoms with Gasteiger partial charge in [0.05, 0.1) is 24.1 Å². The van der Waals surface area contributed by atoms with Crippen molar-refractivity contribution < 1.29 is 13.9 Å². The van der Waals surface area contributed by atoms with Gasteiger partial charge in [0.15, 0.2) is 11.6 Å². The summed E-state index contributed by atoms with van der Waals surface area (Å²) in [6.07, 6.45) is 7.68. The molecule has 0 amide bonds. The van der Waals surface area contributed by atoms with Crippen LogP contribution in [0.5, 0.6) is 11.6 Å². The number of likely N-dealkylation sites (tertiary alicyclic amines) is 1. The first-order valence-electron chi connectivity index (χ1n) is 8.89. The Bertz CT molecular complexity index is 721. The maximum atomic E-state index is 13.8. The Morgan fingerprint density at radius 2 is 1.96 bits per heavy atom. The number of benzene rings is 1. The first kappa shape index (κ1) is 16.4. The number of ether oxygens (including phenoxy) is 2. The van der Waals surface area contributed by atoms with Crippen molar-refractivity contribution in [2.24, 2.45) is 0 Å². The minimum atomic E-state index is -0.403. The van der Waals surface area contributed by atoms with E-state index in [0.717, 1.165) is 51.1 Å². The van der Waals surface area contributed by atoms with Crippen LogP contribution in [0.15, 0.2) is 36.7 Å². The summed E-state index contributed by atoms with van der Waals surface area (Å²) >= 11 is 0. The minimum Gasteiger partial charge on any atom is -0.434 e. The van der Waals surface area contributed by atoms with Crippen LogP contribution in [0.25, 0.3) is 0 Å². The fourth-order valence-electron chi connectivity index (χ4n) is 3.77. The van der Waals surface area contributed by atoms with Gasteiger partial charge >= 0.3 is 0 Å². The monoisotopic (exact) mass is 343 g/mol. The van der Waals surface area contributed by atoms with Crippen molar-refractivity contribution in [2.45, 2.75) is 37.8 Å². The van der Waals surface area contributed by atoms with Crippen LogP contribution in [-0.4, -0.2) is 40.7 Å². The van der Waals surface area contributed by atoms with Gasteiger partial charge in [0.2, 0.25) is 5.88 Å². The number of aromatic nitrogens is 2. The molecule has 2 saturated heterocycles. The largest absolute Gasteiger partial charge is 0.434 e. The summed E-state index contributed by atoms with van der Waals surface area (Å²) in [7, 11) is 0. The SMILES string of the molecule is Fc1ccccc1Oc1cncc(C2CCCN2C2CCOCC2)n1. The smallest absolute Gasteiger partial charge is 0.238 e. The zero-order valence-electron chi connectivity index (χ0n) is 14.1. The second kappa shape index (κ2) is 7.45. The van der Waals surface area contributed by atoms with Crippen molar-refractivity contribution in [1.29, 1.82) is 0 Å². The van der Waals surface area contributed by atoms with Crippen LogP contribution >= 0.6 is 0 Å². The number of para-hydroxylation sites is 1. The summed E-state index contributed by atoms with van der Waals surface area (Å²) in [6, 6.07) is 7.12. The molecule has 2 aliphatic heterocycles. The van der Waals surface area contributed by atoms with E-state index in [1.165, 1.54) is 12.3 Å². The molecule has 2 aliphatic rings. The van der Waals surface area contributed by atoms with Gasteiger partial charge in [-0.3, -0.25) is 9.88 Å². The molecule has 1 aromatic carbocycles. The second-order valence-electron chi connectivity index (χ2n) is 6.55. The Morgan fingerprint density at radius 1 is 1.12 bits per heavy atom. The lowest BCUT2D eigenvalue weighted by Gasteiger charge is -2.35. The lowest BCUT2D eigenvalue weighted by Crippen LogP contribution is -2.39. The summed E-state index contributed by atoms with van der Waals surface area (Å²) in [5.41, 5.74) is 0.901. The first-order chi connectivity index (χ1) is 12.3. The molecule has 2 aromatic rings. The van der Waals surface area contributed by atoms with E-state index in [0.29, 0.717) is 11.9 Å². The molecule has 0 radical (unpaired) electrons. The lowest BCUT2D eigenvalue weighted by atomic mass is 10.0. The van der Waals surface area contributed by atoms with E-state index in [1.807, 2.05) is 0 Å².